The van der Waals surface area contributed by atoms with Crippen molar-refractivity contribution in [3.8, 4) is 0 Å². The lowest BCUT2D eigenvalue weighted by molar-refractivity contribution is -0.139. The fraction of sp³-hybridized carbons (Fsp3) is 0.462. The van der Waals surface area contributed by atoms with Crippen LogP contribution in [0.4, 0.5) is 5.69 Å². The Kier molecular flexibility index (Phi) is 10.1. The number of carbonyl (C=O) groups excluding carboxylic acids is 2. The highest BCUT2D eigenvalue weighted by molar-refractivity contribution is 7.92. The second kappa shape index (κ2) is 12.6. The molecule has 2 aromatic carbocycles. The quantitative estimate of drug-likeness (QED) is 0.497. The molecule has 7 nitrogen and oxygen atoms in total. The van der Waals surface area contributed by atoms with Gasteiger partial charge in [-0.2, -0.15) is 0 Å². The molecule has 0 heterocycles. The van der Waals surface area contributed by atoms with Gasteiger partial charge in [-0.1, -0.05) is 68.8 Å². The lowest BCUT2D eigenvalue weighted by atomic mass is 10.1. The highest BCUT2D eigenvalue weighted by Crippen LogP contribution is 2.19. The average molecular weight is 488 g/mol. The van der Waals surface area contributed by atoms with Gasteiger partial charge < -0.3 is 10.2 Å². The van der Waals surface area contributed by atoms with E-state index in [4.69, 9.17) is 0 Å². The summed E-state index contributed by atoms with van der Waals surface area (Å²) in [5.41, 5.74) is 2.44. The Bertz CT molecular complexity index is 1040. The van der Waals surface area contributed by atoms with Crippen molar-refractivity contribution in [3.05, 3.63) is 65.7 Å². The summed E-state index contributed by atoms with van der Waals surface area (Å²) in [6, 6.07) is 16.0. The van der Waals surface area contributed by atoms with E-state index in [-0.39, 0.29) is 18.4 Å². The summed E-state index contributed by atoms with van der Waals surface area (Å²) in [6.07, 6.45) is 2.07. The van der Waals surface area contributed by atoms with Crippen molar-refractivity contribution in [2.45, 2.75) is 46.6 Å². The van der Waals surface area contributed by atoms with E-state index < -0.39 is 22.0 Å². The van der Waals surface area contributed by atoms with E-state index >= 15 is 0 Å². The molecule has 0 radical (unpaired) electrons. The van der Waals surface area contributed by atoms with Crippen molar-refractivity contribution >= 4 is 27.5 Å². The van der Waals surface area contributed by atoms with Crippen LogP contribution in [0.25, 0.3) is 0 Å². The standard InChI is InChI=1S/C26H37N3O4S/c1-6-24(26(31)27-18-20(2)3)28(17-16-22-10-8-7-9-11-22)25(30)19-29(34(5,32)33)23-14-12-21(4)13-15-23/h7-15,20,24H,6,16-19H2,1-5H3,(H,27,31)/t24-/m0/s1. The largest absolute Gasteiger partial charge is 0.354 e. The number of anilines is 1. The van der Waals surface area contributed by atoms with Crippen LogP contribution in [-0.2, 0) is 26.0 Å². The monoisotopic (exact) mass is 487 g/mol. The molecule has 0 aliphatic heterocycles. The Morgan fingerprint density at radius 1 is 1.00 bits per heavy atom. The predicted molar refractivity (Wildman–Crippen MR) is 137 cm³/mol. The Labute approximate surface area is 204 Å². The molecule has 1 atom stereocenters. The van der Waals surface area contributed by atoms with Crippen LogP contribution < -0.4 is 9.62 Å². The smallest absolute Gasteiger partial charge is 0.244 e. The van der Waals surface area contributed by atoms with Crippen LogP contribution in [0, 0.1) is 12.8 Å². The lowest BCUT2D eigenvalue weighted by Crippen LogP contribution is -2.53. The molecule has 2 amide bonds. The third-order valence-electron chi connectivity index (χ3n) is 5.56. The zero-order valence-electron chi connectivity index (χ0n) is 20.8. The van der Waals surface area contributed by atoms with Gasteiger partial charge in [0.25, 0.3) is 0 Å². The number of hydrogen-bond acceptors (Lipinski definition) is 4. The van der Waals surface area contributed by atoms with Crippen molar-refractivity contribution in [2.75, 3.05) is 30.2 Å². The van der Waals surface area contributed by atoms with E-state index in [0.717, 1.165) is 21.7 Å². The second-order valence-corrected chi connectivity index (χ2v) is 10.9. The zero-order valence-corrected chi connectivity index (χ0v) is 21.6. The molecule has 186 valence electrons. The fourth-order valence-corrected chi connectivity index (χ4v) is 4.49. The van der Waals surface area contributed by atoms with E-state index in [0.29, 0.717) is 31.6 Å². The number of nitrogens with zero attached hydrogens (tertiary/aromatic N) is 2. The van der Waals surface area contributed by atoms with Gasteiger partial charge in [-0.3, -0.25) is 13.9 Å². The number of benzene rings is 2. The van der Waals surface area contributed by atoms with Gasteiger partial charge in [-0.05, 0) is 43.4 Å². The zero-order chi connectivity index (χ0) is 25.3. The lowest BCUT2D eigenvalue weighted by Gasteiger charge is -2.33. The molecule has 34 heavy (non-hydrogen) atoms. The molecule has 0 saturated carbocycles. The van der Waals surface area contributed by atoms with Gasteiger partial charge >= 0.3 is 0 Å². The highest BCUT2D eigenvalue weighted by Gasteiger charge is 2.31. The van der Waals surface area contributed by atoms with E-state index in [1.54, 1.807) is 24.3 Å². The summed E-state index contributed by atoms with van der Waals surface area (Å²) in [4.78, 5) is 28.1. The Balaban J connectivity index is 2.32. The maximum absolute atomic E-state index is 13.5. The summed E-state index contributed by atoms with van der Waals surface area (Å²) in [7, 11) is -3.72. The van der Waals surface area contributed by atoms with E-state index in [1.807, 2.05) is 58.0 Å². The third kappa shape index (κ3) is 8.17. The topological polar surface area (TPSA) is 86.8 Å². The minimum atomic E-state index is -3.72. The van der Waals surface area contributed by atoms with Crippen LogP contribution in [0.3, 0.4) is 0 Å². The van der Waals surface area contributed by atoms with Crippen molar-refractivity contribution in [3.63, 3.8) is 0 Å². The number of amides is 2. The third-order valence-corrected chi connectivity index (χ3v) is 6.70. The first kappa shape index (κ1) is 27.4. The van der Waals surface area contributed by atoms with Crippen LogP contribution in [0.5, 0.6) is 0 Å². The number of nitrogens with one attached hydrogen (secondary N) is 1. The Morgan fingerprint density at radius 3 is 2.15 bits per heavy atom. The van der Waals surface area contributed by atoms with E-state index in [2.05, 4.69) is 5.32 Å². The number of aryl methyl sites for hydroxylation is 1. The van der Waals surface area contributed by atoms with Gasteiger partial charge in [-0.25, -0.2) is 8.42 Å². The van der Waals surface area contributed by atoms with Gasteiger partial charge in [0.2, 0.25) is 21.8 Å². The average Bonchev–Trinajstić information content (AvgIpc) is 2.79. The first-order chi connectivity index (χ1) is 16.0. The molecule has 0 aliphatic carbocycles. The van der Waals surface area contributed by atoms with Gasteiger partial charge in [0, 0.05) is 13.1 Å². The molecule has 0 spiro atoms. The molecule has 0 unspecified atom stereocenters. The predicted octanol–water partition coefficient (Wildman–Crippen LogP) is 3.38. The maximum Gasteiger partial charge on any atom is 0.244 e. The molecule has 0 saturated heterocycles. The Morgan fingerprint density at radius 2 is 1.62 bits per heavy atom. The molecule has 1 N–H and O–H groups in total. The second-order valence-electron chi connectivity index (χ2n) is 8.99. The molecular weight excluding hydrogens is 450 g/mol. The van der Waals surface area contributed by atoms with Gasteiger partial charge in [0.15, 0.2) is 0 Å². The molecule has 0 aliphatic rings. The SMILES string of the molecule is CC[C@@H](C(=O)NCC(C)C)N(CCc1ccccc1)C(=O)CN(c1ccc(C)cc1)S(C)(=O)=O. The number of hydrogen-bond donors (Lipinski definition) is 1. The number of sulfonamides is 1. The minimum absolute atomic E-state index is 0.223. The summed E-state index contributed by atoms with van der Waals surface area (Å²) in [5, 5.41) is 2.92. The van der Waals surface area contributed by atoms with Crippen molar-refractivity contribution in [1.82, 2.24) is 10.2 Å². The first-order valence-electron chi connectivity index (χ1n) is 11.7. The Hall–Kier alpha value is -2.87. The molecular formula is C26H37N3O4S. The number of carbonyl (C=O) groups is 2. The van der Waals surface area contributed by atoms with E-state index in [1.165, 1.54) is 4.90 Å². The van der Waals surface area contributed by atoms with Crippen molar-refractivity contribution < 1.29 is 18.0 Å². The molecule has 0 fully saturated rings. The fourth-order valence-electron chi connectivity index (χ4n) is 3.64. The maximum atomic E-state index is 13.5. The van der Waals surface area contributed by atoms with Crippen LogP contribution >= 0.6 is 0 Å². The van der Waals surface area contributed by atoms with Crippen LogP contribution in [-0.4, -0.2) is 57.1 Å². The van der Waals surface area contributed by atoms with E-state index in [9.17, 15) is 18.0 Å². The van der Waals surface area contributed by atoms with Crippen molar-refractivity contribution in [1.29, 1.82) is 0 Å². The molecule has 2 rings (SSSR count). The molecule has 0 aromatic heterocycles. The summed E-state index contributed by atoms with van der Waals surface area (Å²) in [5.74, 6) is -0.357. The summed E-state index contributed by atoms with van der Waals surface area (Å²) >= 11 is 0. The van der Waals surface area contributed by atoms with Crippen LogP contribution in [0.15, 0.2) is 54.6 Å². The highest BCUT2D eigenvalue weighted by atomic mass is 32.2. The molecule has 8 heteroatoms. The van der Waals surface area contributed by atoms with Gasteiger partial charge in [0.05, 0.1) is 11.9 Å². The first-order valence-corrected chi connectivity index (χ1v) is 13.5. The van der Waals surface area contributed by atoms with Crippen LogP contribution in [0.2, 0.25) is 0 Å². The van der Waals surface area contributed by atoms with Gasteiger partial charge in [0.1, 0.15) is 12.6 Å². The normalized spacial score (nSPS) is 12.3. The van der Waals surface area contributed by atoms with Crippen LogP contribution in [0.1, 0.15) is 38.3 Å². The number of rotatable bonds is 12. The van der Waals surface area contributed by atoms with Crippen molar-refractivity contribution in [2.24, 2.45) is 5.92 Å². The van der Waals surface area contributed by atoms with Gasteiger partial charge in [-0.15, -0.1) is 0 Å². The molecule has 0 bridgehead atoms. The summed E-state index contributed by atoms with van der Waals surface area (Å²) < 4.78 is 26.3. The summed E-state index contributed by atoms with van der Waals surface area (Å²) in [6.45, 7) is 8.22. The minimum Gasteiger partial charge on any atom is -0.354 e. The molecule has 2 aromatic rings.